The largest absolute Gasteiger partial charge is 0.492 e. The van der Waals surface area contributed by atoms with Crippen molar-refractivity contribution in [2.24, 2.45) is 0 Å². The molecule has 1 aromatic rings. The molecular weight excluding hydrogens is 304 g/mol. The lowest BCUT2D eigenvalue weighted by Gasteiger charge is -2.17. The zero-order valence-corrected chi connectivity index (χ0v) is 13.6. The van der Waals surface area contributed by atoms with Gasteiger partial charge in [-0.3, -0.25) is 9.69 Å². The van der Waals surface area contributed by atoms with Gasteiger partial charge in [0.1, 0.15) is 12.4 Å². The van der Waals surface area contributed by atoms with Crippen LogP contribution in [0.3, 0.4) is 0 Å². The van der Waals surface area contributed by atoms with Crippen LogP contribution < -0.4 is 10.1 Å². The van der Waals surface area contributed by atoms with E-state index in [1.54, 1.807) is 12.1 Å². The molecule has 0 spiro atoms. The van der Waals surface area contributed by atoms with Crippen molar-refractivity contribution in [2.45, 2.75) is 18.9 Å². The van der Waals surface area contributed by atoms with Crippen molar-refractivity contribution in [3.05, 3.63) is 29.3 Å². The fraction of sp³-hybridized carbons (Fsp3) is 0.562. The van der Waals surface area contributed by atoms with Crippen LogP contribution in [0.15, 0.2) is 24.3 Å². The van der Waals surface area contributed by atoms with Crippen molar-refractivity contribution in [1.82, 2.24) is 10.2 Å². The molecule has 1 fully saturated rings. The Bertz CT molecular complexity index is 478. The fourth-order valence-electron chi connectivity index (χ4n) is 2.29. The molecule has 0 saturated carbocycles. The van der Waals surface area contributed by atoms with Gasteiger partial charge in [-0.25, -0.2) is 0 Å². The number of likely N-dealkylation sites (N-methyl/N-ethyl adjacent to an activating group) is 1. The van der Waals surface area contributed by atoms with Crippen molar-refractivity contribution >= 4 is 17.5 Å². The van der Waals surface area contributed by atoms with Crippen molar-refractivity contribution in [3.8, 4) is 5.75 Å². The Morgan fingerprint density at radius 3 is 3.14 bits per heavy atom. The predicted octanol–water partition coefficient (Wildman–Crippen LogP) is 1.95. The third-order valence-electron chi connectivity index (χ3n) is 3.50. The molecule has 0 aliphatic carbocycles. The third-order valence-corrected chi connectivity index (χ3v) is 3.74. The Kier molecular flexibility index (Phi) is 6.96. The van der Waals surface area contributed by atoms with Gasteiger partial charge in [-0.1, -0.05) is 17.7 Å². The summed E-state index contributed by atoms with van der Waals surface area (Å²) in [7, 11) is 1.90. The summed E-state index contributed by atoms with van der Waals surface area (Å²) in [5.41, 5.74) is 0. The first kappa shape index (κ1) is 17.1. The number of rotatable bonds is 8. The smallest absolute Gasteiger partial charge is 0.234 e. The van der Waals surface area contributed by atoms with Crippen LogP contribution in [0, 0.1) is 0 Å². The van der Waals surface area contributed by atoms with E-state index in [9.17, 15) is 4.79 Å². The molecule has 122 valence electrons. The van der Waals surface area contributed by atoms with E-state index in [2.05, 4.69) is 5.32 Å². The fourth-order valence-corrected chi connectivity index (χ4v) is 2.47. The summed E-state index contributed by atoms with van der Waals surface area (Å²) in [6, 6.07) is 7.29. The summed E-state index contributed by atoms with van der Waals surface area (Å²) in [5, 5.41) is 3.56. The summed E-state index contributed by atoms with van der Waals surface area (Å²) >= 11 is 5.89. The third kappa shape index (κ3) is 6.22. The molecule has 1 unspecified atom stereocenters. The molecule has 1 aromatic carbocycles. The van der Waals surface area contributed by atoms with Crippen LogP contribution in [0.5, 0.6) is 5.75 Å². The number of nitrogens with zero attached hydrogens (tertiary/aromatic N) is 1. The monoisotopic (exact) mass is 326 g/mol. The molecular formula is C16H23ClN2O3. The molecule has 22 heavy (non-hydrogen) atoms. The number of ether oxygens (including phenoxy) is 2. The number of nitrogens with one attached hydrogen (secondary N) is 1. The van der Waals surface area contributed by atoms with Crippen LogP contribution >= 0.6 is 11.6 Å². The van der Waals surface area contributed by atoms with Crippen LogP contribution in [0.1, 0.15) is 12.8 Å². The molecule has 5 nitrogen and oxygen atoms in total. The van der Waals surface area contributed by atoms with Gasteiger partial charge in [0, 0.05) is 24.7 Å². The SMILES string of the molecule is CN(CCOc1cccc(Cl)c1)CC(=O)NCC1CCCO1. The van der Waals surface area contributed by atoms with Gasteiger partial charge in [0.15, 0.2) is 0 Å². The van der Waals surface area contributed by atoms with E-state index in [1.807, 2.05) is 24.1 Å². The Morgan fingerprint density at radius 1 is 1.55 bits per heavy atom. The number of amides is 1. The molecule has 6 heteroatoms. The normalized spacial score (nSPS) is 17.7. The number of halogens is 1. The Hall–Kier alpha value is -1.30. The van der Waals surface area contributed by atoms with E-state index in [0.29, 0.717) is 31.3 Å². The minimum absolute atomic E-state index is 0.0146. The first-order valence-corrected chi connectivity index (χ1v) is 7.96. The van der Waals surface area contributed by atoms with Crippen molar-refractivity contribution in [3.63, 3.8) is 0 Å². The highest BCUT2D eigenvalue weighted by atomic mass is 35.5. The Balaban J connectivity index is 1.58. The Morgan fingerprint density at radius 2 is 2.41 bits per heavy atom. The second kappa shape index (κ2) is 8.98. The molecule has 1 heterocycles. The summed E-state index contributed by atoms with van der Waals surface area (Å²) in [4.78, 5) is 13.7. The van der Waals surface area contributed by atoms with Crippen molar-refractivity contribution < 1.29 is 14.3 Å². The highest BCUT2D eigenvalue weighted by Gasteiger charge is 2.16. The first-order valence-electron chi connectivity index (χ1n) is 7.58. The standard InChI is InChI=1S/C16H23ClN2O3/c1-19(7-9-22-14-5-2-4-13(17)10-14)12-16(20)18-11-15-6-3-8-21-15/h2,4-5,10,15H,3,6-9,11-12H2,1H3,(H,18,20). The van der Waals surface area contributed by atoms with Crippen LogP contribution in [-0.2, 0) is 9.53 Å². The van der Waals surface area contributed by atoms with Gasteiger partial charge < -0.3 is 14.8 Å². The molecule has 1 N–H and O–H groups in total. The van der Waals surface area contributed by atoms with Gasteiger partial charge in [0.2, 0.25) is 5.91 Å². The van der Waals surface area contributed by atoms with Crippen molar-refractivity contribution in [1.29, 1.82) is 0 Å². The molecule has 0 radical (unpaired) electrons. The second-order valence-corrected chi connectivity index (χ2v) is 5.92. The molecule has 0 bridgehead atoms. The number of hydrogen-bond acceptors (Lipinski definition) is 4. The first-order chi connectivity index (χ1) is 10.6. The van der Waals surface area contributed by atoms with Crippen molar-refractivity contribution in [2.75, 3.05) is 39.9 Å². The van der Waals surface area contributed by atoms with E-state index in [0.717, 1.165) is 25.2 Å². The molecule has 1 amide bonds. The van der Waals surface area contributed by atoms with Gasteiger partial charge in [-0.15, -0.1) is 0 Å². The van der Waals surface area contributed by atoms with E-state index in [4.69, 9.17) is 21.1 Å². The minimum Gasteiger partial charge on any atom is -0.492 e. The molecule has 1 saturated heterocycles. The number of hydrogen-bond donors (Lipinski definition) is 1. The highest BCUT2D eigenvalue weighted by Crippen LogP contribution is 2.16. The van der Waals surface area contributed by atoms with Gasteiger partial charge in [-0.2, -0.15) is 0 Å². The van der Waals surface area contributed by atoms with Gasteiger partial charge in [0.25, 0.3) is 0 Å². The maximum atomic E-state index is 11.8. The van der Waals surface area contributed by atoms with E-state index in [-0.39, 0.29) is 12.0 Å². The highest BCUT2D eigenvalue weighted by molar-refractivity contribution is 6.30. The topological polar surface area (TPSA) is 50.8 Å². The van der Waals surface area contributed by atoms with Gasteiger partial charge >= 0.3 is 0 Å². The molecule has 1 aliphatic heterocycles. The zero-order valence-electron chi connectivity index (χ0n) is 12.9. The van der Waals surface area contributed by atoms with E-state index >= 15 is 0 Å². The number of carbonyl (C=O) groups excluding carboxylic acids is 1. The van der Waals surface area contributed by atoms with Gasteiger partial charge in [0.05, 0.1) is 12.6 Å². The van der Waals surface area contributed by atoms with Gasteiger partial charge in [-0.05, 0) is 38.1 Å². The average molecular weight is 327 g/mol. The summed E-state index contributed by atoms with van der Waals surface area (Å²) in [6.07, 6.45) is 2.30. The van der Waals surface area contributed by atoms with Crippen LogP contribution in [0.2, 0.25) is 5.02 Å². The summed E-state index contributed by atoms with van der Waals surface area (Å²) in [6.45, 7) is 2.94. The lowest BCUT2D eigenvalue weighted by atomic mass is 10.2. The summed E-state index contributed by atoms with van der Waals surface area (Å²) in [5.74, 6) is 0.754. The van der Waals surface area contributed by atoms with Crippen LogP contribution in [0.4, 0.5) is 0 Å². The minimum atomic E-state index is 0.0146. The molecule has 1 atom stereocenters. The van der Waals surface area contributed by atoms with Crippen LogP contribution in [-0.4, -0.2) is 56.8 Å². The second-order valence-electron chi connectivity index (χ2n) is 5.48. The summed E-state index contributed by atoms with van der Waals surface area (Å²) < 4.78 is 11.1. The average Bonchev–Trinajstić information content (AvgIpc) is 2.98. The predicted molar refractivity (Wildman–Crippen MR) is 86.4 cm³/mol. The van der Waals surface area contributed by atoms with Crippen LogP contribution in [0.25, 0.3) is 0 Å². The number of benzene rings is 1. The molecule has 0 aromatic heterocycles. The molecule has 1 aliphatic rings. The Labute approximate surface area is 136 Å². The lowest BCUT2D eigenvalue weighted by molar-refractivity contribution is -0.122. The maximum absolute atomic E-state index is 11.8. The van der Waals surface area contributed by atoms with E-state index in [1.165, 1.54) is 0 Å². The maximum Gasteiger partial charge on any atom is 0.234 e. The van der Waals surface area contributed by atoms with E-state index < -0.39 is 0 Å². The quantitative estimate of drug-likeness (QED) is 0.793. The lowest BCUT2D eigenvalue weighted by Crippen LogP contribution is -2.39. The number of carbonyl (C=O) groups is 1. The molecule has 2 rings (SSSR count). The zero-order chi connectivity index (χ0) is 15.8.